The number of ketones is 1. The van der Waals surface area contributed by atoms with Crippen LogP contribution in [0.4, 0.5) is 5.95 Å². The van der Waals surface area contributed by atoms with Crippen LogP contribution in [0.1, 0.15) is 37.2 Å². The molecule has 24 heavy (non-hydrogen) atoms. The number of aryl methyl sites for hydroxylation is 1. The molecule has 2 unspecified atom stereocenters. The number of anilines is 1. The summed E-state index contributed by atoms with van der Waals surface area (Å²) in [6.07, 6.45) is 1.41. The number of methoxy groups -OCH3 is 1. The van der Waals surface area contributed by atoms with Gasteiger partial charge in [-0.05, 0) is 25.3 Å². The number of fused-ring (bicyclic) bond motifs is 1. The molecule has 6 heteroatoms. The van der Waals surface area contributed by atoms with Crippen LogP contribution in [0.15, 0.2) is 35.5 Å². The molecule has 1 aliphatic carbocycles. The average Bonchev–Trinajstić information content (AvgIpc) is 2.92. The zero-order valence-electron chi connectivity index (χ0n) is 14.0. The first kappa shape index (κ1) is 14.9. The fraction of sp³-hybridized carbons (Fsp3) is 0.389. The maximum atomic E-state index is 12.8. The van der Waals surface area contributed by atoms with Gasteiger partial charge in [0, 0.05) is 23.3 Å². The minimum Gasteiger partial charge on any atom is -0.496 e. The molecule has 0 bridgehead atoms. The van der Waals surface area contributed by atoms with Gasteiger partial charge >= 0.3 is 0 Å². The first-order valence-corrected chi connectivity index (χ1v) is 8.17. The molecule has 2 aliphatic rings. The Kier molecular flexibility index (Phi) is 3.40. The highest BCUT2D eigenvalue weighted by atomic mass is 16.5. The number of allylic oxidation sites excluding steroid dienone is 2. The smallest absolute Gasteiger partial charge is 0.226 e. The van der Waals surface area contributed by atoms with Gasteiger partial charge in [0.25, 0.3) is 0 Å². The molecule has 0 spiro atoms. The van der Waals surface area contributed by atoms with Crippen molar-refractivity contribution in [2.45, 2.75) is 32.7 Å². The minimum absolute atomic E-state index is 0.172. The number of Topliss-reactive ketones (excluding diaryl/α,β-unsaturated/α-hetero) is 1. The standard InChI is InChI=1S/C18H20N4O2/c1-10-8-13-16(14(23)9-10)17(12-6-4-5-7-15(12)24-3)22-18(20-13)19-11(2)21-22/h4-7,10,17H,8-9H2,1-3H3,(H,19,20,21). The van der Waals surface area contributed by atoms with E-state index in [-0.39, 0.29) is 11.8 Å². The first-order chi connectivity index (χ1) is 11.6. The number of para-hydroxylation sites is 1. The highest BCUT2D eigenvalue weighted by molar-refractivity contribution is 5.99. The lowest BCUT2D eigenvalue weighted by molar-refractivity contribution is -0.117. The molecule has 0 radical (unpaired) electrons. The molecule has 2 atom stereocenters. The molecule has 1 aromatic heterocycles. The van der Waals surface area contributed by atoms with Crippen LogP contribution in [-0.2, 0) is 4.79 Å². The van der Waals surface area contributed by atoms with Gasteiger partial charge in [0.1, 0.15) is 17.6 Å². The van der Waals surface area contributed by atoms with Crippen LogP contribution in [0, 0.1) is 12.8 Å². The van der Waals surface area contributed by atoms with Crippen LogP contribution in [0.25, 0.3) is 0 Å². The maximum absolute atomic E-state index is 12.8. The van der Waals surface area contributed by atoms with E-state index >= 15 is 0 Å². The fourth-order valence-electron chi connectivity index (χ4n) is 3.69. The van der Waals surface area contributed by atoms with Gasteiger partial charge in [-0.2, -0.15) is 10.1 Å². The van der Waals surface area contributed by atoms with Crippen molar-refractivity contribution in [2.24, 2.45) is 5.92 Å². The van der Waals surface area contributed by atoms with Crippen LogP contribution in [-0.4, -0.2) is 27.7 Å². The molecule has 4 rings (SSSR count). The van der Waals surface area contributed by atoms with Crippen molar-refractivity contribution in [3.05, 3.63) is 46.9 Å². The third kappa shape index (κ3) is 2.21. The SMILES string of the molecule is COc1ccccc1C1C2=C(CC(C)CC2=O)Nc2nc(C)nn21. The van der Waals surface area contributed by atoms with Crippen molar-refractivity contribution in [3.63, 3.8) is 0 Å². The minimum atomic E-state index is -0.298. The molecule has 0 fully saturated rings. The number of nitrogens with zero attached hydrogens (tertiary/aromatic N) is 3. The lowest BCUT2D eigenvalue weighted by Gasteiger charge is -2.34. The van der Waals surface area contributed by atoms with Gasteiger partial charge in [0.05, 0.1) is 7.11 Å². The van der Waals surface area contributed by atoms with Crippen molar-refractivity contribution < 1.29 is 9.53 Å². The number of hydrogen-bond donors (Lipinski definition) is 1. The fourth-order valence-corrected chi connectivity index (χ4v) is 3.69. The van der Waals surface area contributed by atoms with Gasteiger partial charge in [-0.25, -0.2) is 4.68 Å². The number of hydrogen-bond acceptors (Lipinski definition) is 5. The van der Waals surface area contributed by atoms with E-state index in [9.17, 15) is 4.79 Å². The summed E-state index contributed by atoms with van der Waals surface area (Å²) in [5.74, 6) is 2.62. The second-order valence-electron chi connectivity index (χ2n) is 6.53. The number of carbonyl (C=O) groups excluding carboxylic acids is 1. The Bertz CT molecular complexity index is 852. The Labute approximate surface area is 140 Å². The van der Waals surface area contributed by atoms with E-state index in [4.69, 9.17) is 4.74 Å². The summed E-state index contributed by atoms with van der Waals surface area (Å²) in [7, 11) is 1.65. The zero-order valence-corrected chi connectivity index (χ0v) is 14.0. The Hall–Kier alpha value is -2.63. The van der Waals surface area contributed by atoms with Crippen LogP contribution in [0.3, 0.4) is 0 Å². The topological polar surface area (TPSA) is 69.0 Å². The number of benzene rings is 1. The lowest BCUT2D eigenvalue weighted by atomic mass is 9.81. The van der Waals surface area contributed by atoms with E-state index < -0.39 is 0 Å². The summed E-state index contributed by atoms with van der Waals surface area (Å²) in [4.78, 5) is 17.3. The Morgan fingerprint density at radius 2 is 2.08 bits per heavy atom. The molecule has 0 amide bonds. The highest BCUT2D eigenvalue weighted by Crippen LogP contribution is 2.43. The second-order valence-corrected chi connectivity index (χ2v) is 6.53. The summed E-state index contributed by atoms with van der Waals surface area (Å²) in [5, 5.41) is 7.86. The maximum Gasteiger partial charge on any atom is 0.226 e. The van der Waals surface area contributed by atoms with Crippen molar-refractivity contribution in [1.82, 2.24) is 14.8 Å². The molecule has 1 aliphatic heterocycles. The van der Waals surface area contributed by atoms with Crippen molar-refractivity contribution in [3.8, 4) is 5.75 Å². The molecule has 2 aromatic rings. The normalized spacial score (nSPS) is 22.7. The quantitative estimate of drug-likeness (QED) is 0.920. The number of carbonyl (C=O) groups is 1. The highest BCUT2D eigenvalue weighted by Gasteiger charge is 2.39. The third-order valence-electron chi connectivity index (χ3n) is 4.66. The molecule has 6 nitrogen and oxygen atoms in total. The van der Waals surface area contributed by atoms with E-state index in [0.29, 0.717) is 24.1 Å². The lowest BCUT2D eigenvalue weighted by Crippen LogP contribution is -2.33. The monoisotopic (exact) mass is 324 g/mol. The van der Waals surface area contributed by atoms with Gasteiger partial charge in [-0.3, -0.25) is 4.79 Å². The van der Waals surface area contributed by atoms with E-state index in [1.807, 2.05) is 31.2 Å². The summed E-state index contributed by atoms with van der Waals surface area (Å²) in [6.45, 7) is 3.96. The van der Waals surface area contributed by atoms with Gasteiger partial charge < -0.3 is 10.1 Å². The number of rotatable bonds is 2. The van der Waals surface area contributed by atoms with Gasteiger partial charge in [-0.1, -0.05) is 25.1 Å². The molecule has 1 aromatic carbocycles. The first-order valence-electron chi connectivity index (χ1n) is 8.17. The van der Waals surface area contributed by atoms with Crippen molar-refractivity contribution in [1.29, 1.82) is 0 Å². The predicted octanol–water partition coefficient (Wildman–Crippen LogP) is 2.86. The number of ether oxygens (including phenoxy) is 1. The van der Waals surface area contributed by atoms with Gasteiger partial charge in [0.15, 0.2) is 5.78 Å². The molecule has 1 N–H and O–H groups in total. The average molecular weight is 324 g/mol. The Morgan fingerprint density at radius 1 is 1.29 bits per heavy atom. The molecular weight excluding hydrogens is 304 g/mol. The zero-order chi connectivity index (χ0) is 16.8. The molecular formula is C18H20N4O2. The van der Waals surface area contributed by atoms with E-state index in [1.165, 1.54) is 0 Å². The summed E-state index contributed by atoms with van der Waals surface area (Å²) < 4.78 is 7.35. The second kappa shape index (κ2) is 5.47. The summed E-state index contributed by atoms with van der Waals surface area (Å²) >= 11 is 0. The summed E-state index contributed by atoms with van der Waals surface area (Å²) in [6, 6.07) is 7.49. The predicted molar refractivity (Wildman–Crippen MR) is 89.9 cm³/mol. The van der Waals surface area contributed by atoms with E-state index in [0.717, 1.165) is 29.0 Å². The van der Waals surface area contributed by atoms with Crippen molar-refractivity contribution in [2.75, 3.05) is 12.4 Å². The Balaban J connectivity index is 1.95. The van der Waals surface area contributed by atoms with Gasteiger partial charge in [-0.15, -0.1) is 0 Å². The molecule has 0 saturated carbocycles. The Morgan fingerprint density at radius 3 is 2.88 bits per heavy atom. The molecule has 2 heterocycles. The van der Waals surface area contributed by atoms with Crippen LogP contribution in [0.5, 0.6) is 5.75 Å². The molecule has 124 valence electrons. The summed E-state index contributed by atoms with van der Waals surface area (Å²) in [5.41, 5.74) is 2.69. The van der Waals surface area contributed by atoms with Crippen LogP contribution >= 0.6 is 0 Å². The van der Waals surface area contributed by atoms with Crippen molar-refractivity contribution >= 4 is 11.7 Å². The number of nitrogens with one attached hydrogen (secondary N) is 1. The largest absolute Gasteiger partial charge is 0.496 e. The number of aromatic nitrogens is 3. The molecule has 0 saturated heterocycles. The van der Waals surface area contributed by atoms with E-state index in [2.05, 4.69) is 22.3 Å². The third-order valence-corrected chi connectivity index (χ3v) is 4.66. The van der Waals surface area contributed by atoms with Crippen LogP contribution < -0.4 is 10.1 Å². The van der Waals surface area contributed by atoms with E-state index in [1.54, 1.807) is 11.8 Å². The van der Waals surface area contributed by atoms with Gasteiger partial charge in [0.2, 0.25) is 5.95 Å². The van der Waals surface area contributed by atoms with Crippen LogP contribution in [0.2, 0.25) is 0 Å².